The number of thiocarbonyl (C=S) groups is 1. The van der Waals surface area contributed by atoms with Gasteiger partial charge in [0.15, 0.2) is 0 Å². The molecule has 0 radical (unpaired) electrons. The molecule has 2 rings (SSSR count). The van der Waals surface area contributed by atoms with E-state index in [9.17, 15) is 4.39 Å². The van der Waals surface area contributed by atoms with Crippen LogP contribution in [0.2, 0.25) is 0 Å². The van der Waals surface area contributed by atoms with Crippen molar-refractivity contribution in [2.45, 2.75) is 26.2 Å². The van der Waals surface area contributed by atoms with E-state index in [0.29, 0.717) is 11.3 Å². The number of halogens is 1. The monoisotopic (exact) mass is 266 g/mol. The third kappa shape index (κ3) is 2.80. The molecule has 0 atom stereocenters. The summed E-state index contributed by atoms with van der Waals surface area (Å²) in [6.45, 7) is 3.82. The Kier molecular flexibility index (Phi) is 4.17. The highest BCUT2D eigenvalue weighted by atomic mass is 32.1. The van der Waals surface area contributed by atoms with E-state index in [1.54, 1.807) is 12.1 Å². The normalized spacial score (nSPS) is 15.2. The molecular weight excluding hydrogens is 247 g/mol. The molecule has 1 saturated carbocycles. The van der Waals surface area contributed by atoms with Crippen LogP contribution in [0.15, 0.2) is 18.2 Å². The third-order valence-electron chi connectivity index (χ3n) is 3.66. The van der Waals surface area contributed by atoms with Gasteiger partial charge in [0.05, 0.1) is 5.69 Å². The summed E-state index contributed by atoms with van der Waals surface area (Å²) in [5, 5.41) is 0. The fourth-order valence-corrected chi connectivity index (χ4v) is 2.43. The maximum Gasteiger partial charge on any atom is 0.147 e. The minimum absolute atomic E-state index is 0.235. The van der Waals surface area contributed by atoms with E-state index in [2.05, 4.69) is 11.8 Å². The second-order valence-corrected chi connectivity index (χ2v) is 5.31. The molecule has 0 unspecified atom stereocenters. The van der Waals surface area contributed by atoms with Crippen LogP contribution in [0.3, 0.4) is 0 Å². The van der Waals surface area contributed by atoms with Crippen molar-refractivity contribution < 1.29 is 4.39 Å². The van der Waals surface area contributed by atoms with Crippen molar-refractivity contribution in [2.75, 3.05) is 18.0 Å². The topological polar surface area (TPSA) is 29.3 Å². The van der Waals surface area contributed by atoms with Gasteiger partial charge in [0.25, 0.3) is 0 Å². The second kappa shape index (κ2) is 5.65. The van der Waals surface area contributed by atoms with E-state index >= 15 is 0 Å². The molecule has 2 nitrogen and oxygen atoms in total. The maximum atomic E-state index is 14.1. The van der Waals surface area contributed by atoms with E-state index < -0.39 is 0 Å². The van der Waals surface area contributed by atoms with E-state index in [4.69, 9.17) is 18.0 Å². The Morgan fingerprint density at radius 1 is 1.50 bits per heavy atom. The SMILES string of the molecule is CCN(CC1CCC1)c1ccc(C(N)=S)cc1F. The standard InChI is InChI=1S/C14H19FN2S/c1-2-17(9-10-4-3-5-10)13-7-6-11(14(16)18)8-12(13)15/h6-8,10H,2-5,9H2,1H3,(H2,16,18). The zero-order valence-corrected chi connectivity index (χ0v) is 11.5. The van der Waals surface area contributed by atoms with Crippen molar-refractivity contribution in [1.82, 2.24) is 0 Å². The molecule has 0 amide bonds. The van der Waals surface area contributed by atoms with Gasteiger partial charge in [-0.15, -0.1) is 0 Å². The van der Waals surface area contributed by atoms with Crippen molar-refractivity contribution in [1.29, 1.82) is 0 Å². The summed E-state index contributed by atoms with van der Waals surface area (Å²) in [4.78, 5) is 2.34. The van der Waals surface area contributed by atoms with Crippen molar-refractivity contribution in [3.63, 3.8) is 0 Å². The highest BCUT2D eigenvalue weighted by Gasteiger charge is 2.21. The molecule has 2 N–H and O–H groups in total. The van der Waals surface area contributed by atoms with E-state index in [1.165, 1.54) is 25.3 Å². The number of rotatable bonds is 5. The van der Waals surface area contributed by atoms with Crippen LogP contribution in [0.5, 0.6) is 0 Å². The van der Waals surface area contributed by atoms with Gasteiger partial charge in [-0.2, -0.15) is 0 Å². The van der Waals surface area contributed by atoms with Gasteiger partial charge in [-0.25, -0.2) is 4.39 Å². The van der Waals surface area contributed by atoms with Crippen LogP contribution in [0.25, 0.3) is 0 Å². The highest BCUT2D eigenvalue weighted by molar-refractivity contribution is 7.80. The second-order valence-electron chi connectivity index (χ2n) is 4.87. The van der Waals surface area contributed by atoms with Gasteiger partial charge in [0.1, 0.15) is 10.8 Å². The number of nitrogens with two attached hydrogens (primary N) is 1. The molecule has 0 bridgehead atoms. The Bertz CT molecular complexity index is 443. The molecule has 0 spiro atoms. The van der Waals surface area contributed by atoms with Crippen LogP contribution in [0, 0.1) is 11.7 Å². The average molecular weight is 266 g/mol. The fraction of sp³-hybridized carbons (Fsp3) is 0.500. The summed E-state index contributed by atoms with van der Waals surface area (Å²) in [5.74, 6) is 0.487. The summed E-state index contributed by atoms with van der Waals surface area (Å²) >= 11 is 4.85. The number of benzene rings is 1. The molecule has 1 aliphatic carbocycles. The molecule has 0 aromatic heterocycles. The van der Waals surface area contributed by atoms with Crippen LogP contribution in [-0.2, 0) is 0 Å². The molecule has 1 fully saturated rings. The van der Waals surface area contributed by atoms with E-state index in [-0.39, 0.29) is 10.8 Å². The van der Waals surface area contributed by atoms with Gasteiger partial charge in [0.2, 0.25) is 0 Å². The van der Waals surface area contributed by atoms with Crippen molar-refractivity contribution in [3.05, 3.63) is 29.6 Å². The predicted octanol–water partition coefficient (Wildman–Crippen LogP) is 3.09. The Labute approximate surface area is 113 Å². The molecule has 1 aliphatic rings. The van der Waals surface area contributed by atoms with Crippen molar-refractivity contribution in [2.24, 2.45) is 11.7 Å². The third-order valence-corrected chi connectivity index (χ3v) is 3.89. The largest absolute Gasteiger partial charge is 0.389 e. The Morgan fingerprint density at radius 3 is 2.67 bits per heavy atom. The molecule has 0 heterocycles. The fourth-order valence-electron chi connectivity index (χ4n) is 2.30. The van der Waals surface area contributed by atoms with Crippen LogP contribution in [0.4, 0.5) is 10.1 Å². The van der Waals surface area contributed by atoms with Gasteiger partial charge in [0, 0.05) is 18.7 Å². The molecule has 1 aromatic rings. The van der Waals surface area contributed by atoms with Crippen molar-refractivity contribution >= 4 is 22.9 Å². The first kappa shape index (κ1) is 13.3. The first-order valence-electron chi connectivity index (χ1n) is 6.46. The minimum atomic E-state index is -0.235. The Morgan fingerprint density at radius 2 is 2.22 bits per heavy atom. The minimum Gasteiger partial charge on any atom is -0.389 e. The highest BCUT2D eigenvalue weighted by Crippen LogP contribution is 2.30. The number of anilines is 1. The summed E-state index contributed by atoms with van der Waals surface area (Å²) in [6, 6.07) is 5.01. The molecule has 1 aromatic carbocycles. The van der Waals surface area contributed by atoms with Crippen LogP contribution < -0.4 is 10.6 Å². The summed E-state index contributed by atoms with van der Waals surface area (Å²) < 4.78 is 14.1. The maximum absolute atomic E-state index is 14.1. The first-order chi connectivity index (χ1) is 8.61. The quantitative estimate of drug-likeness (QED) is 0.830. The number of hydrogen-bond acceptors (Lipinski definition) is 2. The lowest BCUT2D eigenvalue weighted by atomic mass is 9.85. The van der Waals surface area contributed by atoms with Gasteiger partial charge in [-0.1, -0.05) is 18.6 Å². The number of nitrogens with zero attached hydrogens (tertiary/aromatic N) is 1. The van der Waals surface area contributed by atoms with Crippen LogP contribution in [-0.4, -0.2) is 18.1 Å². The van der Waals surface area contributed by atoms with Gasteiger partial charge in [-0.05, 0) is 43.9 Å². The summed E-state index contributed by atoms with van der Waals surface area (Å²) in [7, 11) is 0. The summed E-state index contributed by atoms with van der Waals surface area (Å²) in [6.07, 6.45) is 3.84. The molecule has 98 valence electrons. The zero-order chi connectivity index (χ0) is 13.1. The lowest BCUT2D eigenvalue weighted by Crippen LogP contribution is -2.33. The van der Waals surface area contributed by atoms with E-state index in [1.807, 2.05) is 0 Å². The smallest absolute Gasteiger partial charge is 0.147 e. The lowest BCUT2D eigenvalue weighted by molar-refractivity contribution is 0.318. The predicted molar refractivity (Wildman–Crippen MR) is 77.5 cm³/mol. The zero-order valence-electron chi connectivity index (χ0n) is 10.7. The number of hydrogen-bond donors (Lipinski definition) is 1. The first-order valence-corrected chi connectivity index (χ1v) is 6.87. The average Bonchev–Trinajstić information content (AvgIpc) is 2.29. The Balaban J connectivity index is 2.16. The van der Waals surface area contributed by atoms with E-state index in [0.717, 1.165) is 19.0 Å². The molecule has 0 aliphatic heterocycles. The lowest BCUT2D eigenvalue weighted by Gasteiger charge is -2.33. The van der Waals surface area contributed by atoms with Gasteiger partial charge >= 0.3 is 0 Å². The summed E-state index contributed by atoms with van der Waals surface area (Å²) in [5.41, 5.74) is 6.75. The molecule has 4 heteroatoms. The molecular formula is C14H19FN2S. The van der Waals surface area contributed by atoms with Crippen molar-refractivity contribution in [3.8, 4) is 0 Å². The molecule has 18 heavy (non-hydrogen) atoms. The van der Waals surface area contributed by atoms with Crippen LogP contribution >= 0.6 is 12.2 Å². The molecule has 0 saturated heterocycles. The van der Waals surface area contributed by atoms with Gasteiger partial charge < -0.3 is 10.6 Å². The van der Waals surface area contributed by atoms with Gasteiger partial charge in [-0.3, -0.25) is 0 Å². The Hall–Kier alpha value is -1.16. The van der Waals surface area contributed by atoms with Crippen LogP contribution in [0.1, 0.15) is 31.7 Å².